The van der Waals surface area contributed by atoms with Crippen LogP contribution in [0.4, 0.5) is 5.69 Å². The molecule has 1 aromatic carbocycles. The molecule has 1 unspecified atom stereocenters. The zero-order chi connectivity index (χ0) is 13.8. The van der Waals surface area contributed by atoms with Gasteiger partial charge in [-0.05, 0) is 24.6 Å². The number of nitrogens with zero attached hydrogens (tertiary/aromatic N) is 2. The molecule has 0 fully saturated rings. The maximum Gasteiger partial charge on any atom is 0.119 e. The number of aryl methyl sites for hydroxylation is 2. The summed E-state index contributed by atoms with van der Waals surface area (Å²) in [7, 11) is 3.49. The van der Waals surface area contributed by atoms with Crippen LogP contribution in [0.2, 0.25) is 0 Å². The first-order valence-corrected chi connectivity index (χ1v) is 6.16. The van der Waals surface area contributed by atoms with Crippen molar-refractivity contribution in [3.8, 4) is 5.75 Å². The molecule has 1 heterocycles. The number of nitrogens with one attached hydrogen (secondary N) is 1. The molecule has 5 heteroatoms. The maximum atomic E-state index is 10.2. The molecule has 2 rings (SSSR count). The molecule has 1 atom stereocenters. The van der Waals surface area contributed by atoms with Crippen LogP contribution >= 0.6 is 0 Å². The number of rotatable bonds is 5. The van der Waals surface area contributed by atoms with E-state index in [2.05, 4.69) is 10.4 Å². The van der Waals surface area contributed by atoms with Crippen LogP contribution in [0.1, 0.15) is 17.4 Å². The van der Waals surface area contributed by atoms with E-state index < -0.39 is 6.10 Å². The monoisotopic (exact) mass is 261 g/mol. The van der Waals surface area contributed by atoms with Crippen LogP contribution in [0.3, 0.4) is 0 Å². The van der Waals surface area contributed by atoms with Gasteiger partial charge in [-0.2, -0.15) is 5.10 Å². The third kappa shape index (κ3) is 3.26. The second kappa shape index (κ2) is 5.75. The normalized spacial score (nSPS) is 12.2. The summed E-state index contributed by atoms with van der Waals surface area (Å²) >= 11 is 0. The Morgan fingerprint density at radius 2 is 2.26 bits per heavy atom. The number of anilines is 1. The lowest BCUT2D eigenvalue weighted by Crippen LogP contribution is -2.12. The molecule has 0 saturated carbocycles. The Morgan fingerprint density at radius 1 is 1.47 bits per heavy atom. The van der Waals surface area contributed by atoms with Crippen molar-refractivity contribution >= 4 is 5.69 Å². The van der Waals surface area contributed by atoms with Crippen molar-refractivity contribution < 1.29 is 9.84 Å². The molecule has 0 amide bonds. The molecular formula is C14H19N3O2. The third-order valence-corrected chi connectivity index (χ3v) is 2.98. The van der Waals surface area contributed by atoms with E-state index in [9.17, 15) is 5.11 Å². The van der Waals surface area contributed by atoms with Crippen LogP contribution < -0.4 is 10.1 Å². The van der Waals surface area contributed by atoms with E-state index in [4.69, 9.17) is 4.74 Å². The van der Waals surface area contributed by atoms with Crippen LogP contribution in [0.15, 0.2) is 30.5 Å². The zero-order valence-electron chi connectivity index (χ0n) is 11.4. The first-order valence-electron chi connectivity index (χ1n) is 6.16. The summed E-state index contributed by atoms with van der Waals surface area (Å²) in [6, 6.07) is 7.44. The molecule has 102 valence electrons. The summed E-state index contributed by atoms with van der Waals surface area (Å²) in [6.45, 7) is 2.36. The molecule has 19 heavy (non-hydrogen) atoms. The quantitative estimate of drug-likeness (QED) is 0.863. The van der Waals surface area contributed by atoms with Crippen LogP contribution in [0, 0.1) is 6.92 Å². The lowest BCUT2D eigenvalue weighted by atomic mass is 10.1. The molecule has 0 aliphatic heterocycles. The number of aromatic nitrogens is 2. The molecule has 1 aromatic heterocycles. The minimum atomic E-state index is -0.588. The number of benzene rings is 1. The summed E-state index contributed by atoms with van der Waals surface area (Å²) in [5.41, 5.74) is 2.68. The summed E-state index contributed by atoms with van der Waals surface area (Å²) in [5.74, 6) is 0.745. The predicted octanol–water partition coefficient (Wildman–Crippen LogP) is 1.88. The van der Waals surface area contributed by atoms with Gasteiger partial charge in [-0.3, -0.25) is 4.68 Å². The molecule has 0 spiro atoms. The summed E-state index contributed by atoms with van der Waals surface area (Å²) in [5, 5.41) is 17.6. The van der Waals surface area contributed by atoms with Crippen LogP contribution in [-0.2, 0) is 7.05 Å². The zero-order valence-corrected chi connectivity index (χ0v) is 11.4. The molecule has 0 bridgehead atoms. The summed E-state index contributed by atoms with van der Waals surface area (Å²) < 4.78 is 6.89. The van der Waals surface area contributed by atoms with Crippen molar-refractivity contribution in [2.75, 3.05) is 19.0 Å². The lowest BCUT2D eigenvalue weighted by Gasteiger charge is -2.13. The van der Waals surface area contributed by atoms with Crippen molar-refractivity contribution in [1.29, 1.82) is 0 Å². The Hall–Kier alpha value is -2.01. The van der Waals surface area contributed by atoms with Crippen molar-refractivity contribution in [3.05, 3.63) is 41.7 Å². The van der Waals surface area contributed by atoms with Gasteiger partial charge in [-0.25, -0.2) is 0 Å². The highest BCUT2D eigenvalue weighted by molar-refractivity contribution is 5.45. The largest absolute Gasteiger partial charge is 0.497 e. The van der Waals surface area contributed by atoms with Gasteiger partial charge in [0.25, 0.3) is 0 Å². The van der Waals surface area contributed by atoms with E-state index in [0.29, 0.717) is 6.54 Å². The van der Waals surface area contributed by atoms with E-state index >= 15 is 0 Å². The minimum Gasteiger partial charge on any atom is -0.497 e. The average molecular weight is 261 g/mol. The first kappa shape index (κ1) is 13.4. The SMILES string of the molecule is COc1cccc(C(O)CNc2cn(C)nc2C)c1. The number of hydrogen-bond acceptors (Lipinski definition) is 4. The van der Waals surface area contributed by atoms with Crippen molar-refractivity contribution in [3.63, 3.8) is 0 Å². The van der Waals surface area contributed by atoms with E-state index in [1.54, 1.807) is 11.8 Å². The topological polar surface area (TPSA) is 59.3 Å². The smallest absolute Gasteiger partial charge is 0.119 e. The Balaban J connectivity index is 2.00. The summed E-state index contributed by atoms with van der Waals surface area (Å²) in [6.07, 6.45) is 1.31. The van der Waals surface area contributed by atoms with Gasteiger partial charge >= 0.3 is 0 Å². The molecule has 0 aliphatic carbocycles. The highest BCUT2D eigenvalue weighted by Crippen LogP contribution is 2.20. The van der Waals surface area contributed by atoms with Crippen molar-refractivity contribution in [2.24, 2.45) is 7.05 Å². The highest BCUT2D eigenvalue weighted by Gasteiger charge is 2.10. The number of aliphatic hydroxyl groups excluding tert-OH is 1. The molecule has 0 aliphatic rings. The molecule has 2 N–H and O–H groups in total. The lowest BCUT2D eigenvalue weighted by molar-refractivity contribution is 0.191. The van der Waals surface area contributed by atoms with Gasteiger partial charge in [0.2, 0.25) is 0 Å². The van der Waals surface area contributed by atoms with Crippen LogP contribution in [0.5, 0.6) is 5.75 Å². The van der Waals surface area contributed by atoms with Gasteiger partial charge in [-0.1, -0.05) is 12.1 Å². The second-order valence-corrected chi connectivity index (χ2v) is 4.48. The Bertz CT molecular complexity index is 551. The average Bonchev–Trinajstić information content (AvgIpc) is 2.74. The van der Waals surface area contributed by atoms with E-state index in [1.807, 2.05) is 44.4 Å². The Kier molecular flexibility index (Phi) is 4.06. The van der Waals surface area contributed by atoms with Gasteiger partial charge in [0.15, 0.2) is 0 Å². The van der Waals surface area contributed by atoms with Crippen LogP contribution in [0.25, 0.3) is 0 Å². The van der Waals surface area contributed by atoms with E-state index in [1.165, 1.54) is 0 Å². The third-order valence-electron chi connectivity index (χ3n) is 2.98. The fraction of sp³-hybridized carbons (Fsp3) is 0.357. The van der Waals surface area contributed by atoms with Crippen molar-refractivity contribution in [2.45, 2.75) is 13.0 Å². The first-order chi connectivity index (χ1) is 9.10. The molecule has 2 aromatic rings. The number of ether oxygens (including phenoxy) is 1. The van der Waals surface area contributed by atoms with E-state index in [0.717, 1.165) is 22.7 Å². The molecule has 0 radical (unpaired) electrons. The highest BCUT2D eigenvalue weighted by atomic mass is 16.5. The number of hydrogen-bond donors (Lipinski definition) is 2. The number of methoxy groups -OCH3 is 1. The van der Waals surface area contributed by atoms with Gasteiger partial charge in [0.1, 0.15) is 5.75 Å². The Morgan fingerprint density at radius 3 is 2.89 bits per heavy atom. The van der Waals surface area contributed by atoms with Gasteiger partial charge in [0.05, 0.1) is 24.6 Å². The predicted molar refractivity (Wildman–Crippen MR) is 74.4 cm³/mol. The summed E-state index contributed by atoms with van der Waals surface area (Å²) in [4.78, 5) is 0. The molecule has 0 saturated heterocycles. The van der Waals surface area contributed by atoms with Crippen LogP contribution in [-0.4, -0.2) is 28.5 Å². The van der Waals surface area contributed by atoms with E-state index in [-0.39, 0.29) is 0 Å². The Labute approximate surface area is 112 Å². The fourth-order valence-corrected chi connectivity index (χ4v) is 1.95. The fourth-order valence-electron chi connectivity index (χ4n) is 1.95. The van der Waals surface area contributed by atoms with Crippen molar-refractivity contribution in [1.82, 2.24) is 9.78 Å². The standard InChI is InChI=1S/C14H19N3O2/c1-10-13(9-17(2)16-10)15-8-14(18)11-5-4-6-12(7-11)19-3/h4-7,9,14-15,18H,8H2,1-3H3. The van der Waals surface area contributed by atoms with Gasteiger partial charge in [0, 0.05) is 19.8 Å². The van der Waals surface area contributed by atoms with Gasteiger partial charge in [-0.15, -0.1) is 0 Å². The second-order valence-electron chi connectivity index (χ2n) is 4.48. The maximum absolute atomic E-state index is 10.2. The van der Waals surface area contributed by atoms with Gasteiger partial charge < -0.3 is 15.2 Å². The molecule has 5 nitrogen and oxygen atoms in total. The molecular weight excluding hydrogens is 242 g/mol. The minimum absolute atomic E-state index is 0.430. The number of aliphatic hydroxyl groups is 1.